The maximum Gasteiger partial charge on any atom is 0.156 e. The fraction of sp³-hybridized carbons (Fsp3) is 0.250. The molecule has 64 valence electrons. The molecule has 1 aromatic carbocycles. The van der Waals surface area contributed by atoms with Crippen molar-refractivity contribution in [1.82, 2.24) is 0 Å². The molecule has 0 radical (unpaired) electrons. The maximum absolute atomic E-state index is 13.1. The highest BCUT2D eigenvalue weighted by Crippen LogP contribution is 2.32. The SMILES string of the molecule is Nc1c(F)cc2c(c1F)CCO2. The van der Waals surface area contributed by atoms with E-state index < -0.39 is 17.3 Å². The smallest absolute Gasteiger partial charge is 0.156 e. The summed E-state index contributed by atoms with van der Waals surface area (Å²) in [7, 11) is 0. The first kappa shape index (κ1) is 7.34. The first-order valence-corrected chi connectivity index (χ1v) is 3.59. The van der Waals surface area contributed by atoms with E-state index in [1.54, 1.807) is 0 Å². The molecular formula is C8H7F2NO. The van der Waals surface area contributed by atoms with E-state index in [0.717, 1.165) is 6.07 Å². The minimum atomic E-state index is -0.756. The van der Waals surface area contributed by atoms with Gasteiger partial charge < -0.3 is 10.5 Å². The number of halogens is 2. The van der Waals surface area contributed by atoms with Gasteiger partial charge >= 0.3 is 0 Å². The zero-order valence-corrected chi connectivity index (χ0v) is 6.23. The monoisotopic (exact) mass is 171 g/mol. The Morgan fingerprint density at radius 2 is 2.17 bits per heavy atom. The molecule has 1 heterocycles. The van der Waals surface area contributed by atoms with Crippen molar-refractivity contribution >= 4 is 5.69 Å². The summed E-state index contributed by atoms with van der Waals surface area (Å²) in [6, 6.07) is 1.13. The highest BCUT2D eigenvalue weighted by molar-refractivity contribution is 5.52. The lowest BCUT2D eigenvalue weighted by Crippen LogP contribution is -1.98. The molecule has 0 bridgehead atoms. The summed E-state index contributed by atoms with van der Waals surface area (Å²) in [6.07, 6.45) is 0.464. The number of benzene rings is 1. The van der Waals surface area contributed by atoms with Crippen LogP contribution in [-0.4, -0.2) is 6.61 Å². The Balaban J connectivity index is 2.67. The molecule has 2 nitrogen and oxygen atoms in total. The highest BCUT2D eigenvalue weighted by atomic mass is 19.1. The Bertz CT molecular complexity index is 338. The quantitative estimate of drug-likeness (QED) is 0.600. The number of hydrogen-bond acceptors (Lipinski definition) is 2. The van der Waals surface area contributed by atoms with E-state index in [1.807, 2.05) is 0 Å². The van der Waals surface area contributed by atoms with Crippen LogP contribution in [0.1, 0.15) is 5.56 Å². The summed E-state index contributed by atoms with van der Waals surface area (Å²) in [5.74, 6) is -1.16. The van der Waals surface area contributed by atoms with E-state index in [2.05, 4.69) is 0 Å². The van der Waals surface area contributed by atoms with Crippen molar-refractivity contribution in [3.05, 3.63) is 23.3 Å². The predicted molar refractivity (Wildman–Crippen MR) is 40.0 cm³/mol. The molecule has 0 spiro atoms. The molecule has 1 aliphatic rings. The van der Waals surface area contributed by atoms with E-state index in [-0.39, 0.29) is 5.75 Å². The van der Waals surface area contributed by atoms with Crippen LogP contribution in [0, 0.1) is 11.6 Å². The van der Waals surface area contributed by atoms with Gasteiger partial charge in [0, 0.05) is 18.1 Å². The van der Waals surface area contributed by atoms with Crippen molar-refractivity contribution in [2.45, 2.75) is 6.42 Å². The Labute approximate surface area is 67.9 Å². The second-order valence-corrected chi connectivity index (χ2v) is 2.66. The third-order valence-corrected chi connectivity index (χ3v) is 1.92. The van der Waals surface area contributed by atoms with Crippen molar-refractivity contribution < 1.29 is 13.5 Å². The van der Waals surface area contributed by atoms with Crippen molar-refractivity contribution in [1.29, 1.82) is 0 Å². The first-order chi connectivity index (χ1) is 5.70. The van der Waals surface area contributed by atoms with E-state index in [1.165, 1.54) is 0 Å². The van der Waals surface area contributed by atoms with Crippen LogP contribution in [0.4, 0.5) is 14.5 Å². The lowest BCUT2D eigenvalue weighted by molar-refractivity contribution is 0.355. The largest absolute Gasteiger partial charge is 0.493 e. The van der Waals surface area contributed by atoms with Crippen LogP contribution < -0.4 is 10.5 Å². The van der Waals surface area contributed by atoms with Crippen LogP contribution >= 0.6 is 0 Å². The molecule has 0 saturated heterocycles. The third-order valence-electron chi connectivity index (χ3n) is 1.92. The second-order valence-electron chi connectivity index (χ2n) is 2.66. The highest BCUT2D eigenvalue weighted by Gasteiger charge is 2.21. The van der Waals surface area contributed by atoms with E-state index in [9.17, 15) is 8.78 Å². The van der Waals surface area contributed by atoms with E-state index >= 15 is 0 Å². The van der Waals surface area contributed by atoms with Gasteiger partial charge in [0.2, 0.25) is 0 Å². The van der Waals surface area contributed by atoms with Gasteiger partial charge in [-0.3, -0.25) is 0 Å². The van der Waals surface area contributed by atoms with Crippen molar-refractivity contribution in [3.8, 4) is 5.75 Å². The number of anilines is 1. The van der Waals surface area contributed by atoms with Gasteiger partial charge in [0.25, 0.3) is 0 Å². The molecular weight excluding hydrogens is 164 g/mol. The summed E-state index contributed by atoms with van der Waals surface area (Å²) in [5.41, 5.74) is 5.12. The fourth-order valence-electron chi connectivity index (χ4n) is 1.28. The van der Waals surface area contributed by atoms with Crippen LogP contribution in [0.15, 0.2) is 6.07 Å². The van der Waals surface area contributed by atoms with Gasteiger partial charge in [0.1, 0.15) is 11.4 Å². The minimum absolute atomic E-state index is 0.277. The Morgan fingerprint density at radius 3 is 2.92 bits per heavy atom. The molecule has 0 fully saturated rings. The Hall–Kier alpha value is -1.32. The molecule has 12 heavy (non-hydrogen) atoms. The zero-order chi connectivity index (χ0) is 8.72. The van der Waals surface area contributed by atoms with Gasteiger partial charge in [-0.15, -0.1) is 0 Å². The van der Waals surface area contributed by atoms with Gasteiger partial charge in [0.15, 0.2) is 11.6 Å². The average molecular weight is 171 g/mol. The zero-order valence-electron chi connectivity index (χ0n) is 6.23. The molecule has 1 aromatic rings. The lowest BCUT2D eigenvalue weighted by atomic mass is 10.1. The molecule has 2 N–H and O–H groups in total. The predicted octanol–water partition coefficient (Wildman–Crippen LogP) is 1.48. The Kier molecular flexibility index (Phi) is 1.43. The van der Waals surface area contributed by atoms with Crippen LogP contribution in [-0.2, 0) is 6.42 Å². The normalized spacial score (nSPS) is 14.2. The van der Waals surface area contributed by atoms with E-state index in [4.69, 9.17) is 10.5 Å². The summed E-state index contributed by atoms with van der Waals surface area (Å²) >= 11 is 0. The maximum atomic E-state index is 13.1. The van der Waals surface area contributed by atoms with Gasteiger partial charge in [-0.1, -0.05) is 0 Å². The number of fused-ring (bicyclic) bond motifs is 1. The van der Waals surface area contributed by atoms with Crippen molar-refractivity contribution in [2.75, 3.05) is 12.3 Å². The number of hydrogen-bond donors (Lipinski definition) is 1. The van der Waals surface area contributed by atoms with Crippen LogP contribution in [0.2, 0.25) is 0 Å². The molecule has 2 rings (SSSR count). The van der Waals surface area contributed by atoms with Crippen LogP contribution in [0.3, 0.4) is 0 Å². The van der Waals surface area contributed by atoms with Crippen molar-refractivity contribution in [2.24, 2.45) is 0 Å². The number of rotatable bonds is 0. The molecule has 4 heteroatoms. The standard InChI is InChI=1S/C8H7F2NO/c9-5-3-6-4(1-2-12-6)7(10)8(5)11/h3H,1-2,11H2. The fourth-order valence-corrected chi connectivity index (χ4v) is 1.28. The summed E-state index contributed by atoms with van der Waals surface area (Å²) < 4.78 is 30.9. The lowest BCUT2D eigenvalue weighted by Gasteiger charge is -2.03. The summed E-state index contributed by atoms with van der Waals surface area (Å²) in [5, 5.41) is 0. The van der Waals surface area contributed by atoms with E-state index in [0.29, 0.717) is 18.6 Å². The number of ether oxygens (including phenoxy) is 1. The molecule has 1 aliphatic heterocycles. The minimum Gasteiger partial charge on any atom is -0.493 e. The molecule has 0 saturated carbocycles. The molecule has 0 amide bonds. The summed E-state index contributed by atoms with van der Waals surface area (Å²) in [6.45, 7) is 0.398. The van der Waals surface area contributed by atoms with Gasteiger partial charge in [0.05, 0.1) is 6.61 Å². The first-order valence-electron chi connectivity index (χ1n) is 3.59. The molecule has 0 aromatic heterocycles. The molecule has 0 unspecified atom stereocenters. The third kappa shape index (κ3) is 0.841. The van der Waals surface area contributed by atoms with Gasteiger partial charge in [-0.25, -0.2) is 8.78 Å². The average Bonchev–Trinajstić information content (AvgIpc) is 2.48. The molecule has 0 aliphatic carbocycles. The summed E-state index contributed by atoms with van der Waals surface area (Å²) in [4.78, 5) is 0. The van der Waals surface area contributed by atoms with Crippen LogP contribution in [0.5, 0.6) is 5.75 Å². The Morgan fingerprint density at radius 1 is 1.42 bits per heavy atom. The second kappa shape index (κ2) is 2.33. The number of nitrogen functional groups attached to an aromatic ring is 1. The van der Waals surface area contributed by atoms with Gasteiger partial charge in [-0.05, 0) is 0 Å². The van der Waals surface area contributed by atoms with Gasteiger partial charge in [-0.2, -0.15) is 0 Å². The van der Waals surface area contributed by atoms with Crippen LogP contribution in [0.25, 0.3) is 0 Å². The number of nitrogens with two attached hydrogens (primary N) is 1. The van der Waals surface area contributed by atoms with Crippen molar-refractivity contribution in [3.63, 3.8) is 0 Å². The molecule has 0 atom stereocenters. The topological polar surface area (TPSA) is 35.2 Å².